The van der Waals surface area contributed by atoms with Gasteiger partial charge >= 0.3 is 24.2 Å². The van der Waals surface area contributed by atoms with Gasteiger partial charge in [-0.25, -0.2) is 9.59 Å². The summed E-state index contributed by atoms with van der Waals surface area (Å²) in [5, 5.41) is 0. The third kappa shape index (κ3) is 12.7. The van der Waals surface area contributed by atoms with Gasteiger partial charge in [0.25, 0.3) is 0 Å². The van der Waals surface area contributed by atoms with E-state index in [1.807, 2.05) is 13.8 Å². The Morgan fingerprint density at radius 1 is 0.875 bits per heavy atom. The standard InChI is InChI=1S/C29H45NO10/c1-11-18(2)14-23(31)36-19(3)16-29(30,24(32)35-10)17-20-12-13-21(37-25(33)39-27(4,5)6)22(15-20)38-26(34)40-28(7,8)9/h12-13,15,18-19H,11,14,16-17,30H2,1-10H3/t18?,19?,29-/m1/s1. The van der Waals surface area contributed by atoms with Gasteiger partial charge in [-0.05, 0) is 72.1 Å². The molecule has 11 nitrogen and oxygen atoms in total. The molecule has 11 heteroatoms. The molecule has 0 radical (unpaired) electrons. The zero-order chi connectivity index (χ0) is 30.9. The van der Waals surface area contributed by atoms with Crippen LogP contribution in [0, 0.1) is 5.92 Å². The first kappa shape index (κ1) is 34.7. The maximum Gasteiger partial charge on any atom is 0.514 e. The molecule has 1 aromatic rings. The van der Waals surface area contributed by atoms with Crippen LogP contribution < -0.4 is 15.2 Å². The molecule has 0 aliphatic rings. The molecule has 0 aliphatic carbocycles. The quantitative estimate of drug-likeness (QED) is 0.205. The van der Waals surface area contributed by atoms with Gasteiger partial charge in [-0.15, -0.1) is 0 Å². The number of rotatable bonds is 11. The number of benzene rings is 1. The van der Waals surface area contributed by atoms with Gasteiger partial charge in [0.05, 0.1) is 7.11 Å². The molecular formula is C29H45NO10. The highest BCUT2D eigenvalue weighted by Crippen LogP contribution is 2.32. The van der Waals surface area contributed by atoms with Crippen molar-refractivity contribution in [3.05, 3.63) is 23.8 Å². The van der Waals surface area contributed by atoms with Crippen molar-refractivity contribution in [1.29, 1.82) is 0 Å². The Morgan fingerprint density at radius 3 is 1.88 bits per heavy atom. The summed E-state index contributed by atoms with van der Waals surface area (Å²) >= 11 is 0. The van der Waals surface area contributed by atoms with Crippen LogP contribution in [0.1, 0.15) is 87.1 Å². The minimum absolute atomic E-state index is 0.0374. The van der Waals surface area contributed by atoms with E-state index in [-0.39, 0.29) is 42.6 Å². The van der Waals surface area contributed by atoms with Crippen molar-refractivity contribution in [3.63, 3.8) is 0 Å². The number of carbonyl (C=O) groups is 4. The molecule has 40 heavy (non-hydrogen) atoms. The van der Waals surface area contributed by atoms with Crippen LogP contribution in [-0.4, -0.2) is 54.2 Å². The predicted molar refractivity (Wildman–Crippen MR) is 147 cm³/mol. The van der Waals surface area contributed by atoms with Crippen LogP contribution in [0.3, 0.4) is 0 Å². The lowest BCUT2D eigenvalue weighted by atomic mass is 9.86. The van der Waals surface area contributed by atoms with Gasteiger partial charge < -0.3 is 34.2 Å². The smallest absolute Gasteiger partial charge is 0.468 e. The third-order valence-electron chi connectivity index (χ3n) is 5.48. The first-order valence-electron chi connectivity index (χ1n) is 13.3. The van der Waals surface area contributed by atoms with Crippen molar-refractivity contribution in [3.8, 4) is 11.5 Å². The van der Waals surface area contributed by atoms with Crippen molar-refractivity contribution in [2.45, 2.75) is 111 Å². The van der Waals surface area contributed by atoms with E-state index in [4.69, 9.17) is 34.2 Å². The molecule has 2 unspecified atom stereocenters. The third-order valence-corrected chi connectivity index (χ3v) is 5.48. The van der Waals surface area contributed by atoms with Crippen molar-refractivity contribution < 1.29 is 47.6 Å². The number of methoxy groups -OCH3 is 1. The minimum Gasteiger partial charge on any atom is -0.468 e. The molecule has 0 fully saturated rings. The molecule has 0 saturated heterocycles. The second-order valence-electron chi connectivity index (χ2n) is 12.0. The fourth-order valence-electron chi connectivity index (χ4n) is 3.60. The van der Waals surface area contributed by atoms with Crippen LogP contribution in [0.5, 0.6) is 11.5 Å². The summed E-state index contributed by atoms with van der Waals surface area (Å²) in [5.74, 6) is -1.21. The molecule has 0 amide bonds. The second-order valence-corrected chi connectivity index (χ2v) is 12.0. The van der Waals surface area contributed by atoms with E-state index in [2.05, 4.69) is 0 Å². The molecule has 0 aromatic heterocycles. The Labute approximate surface area is 236 Å². The summed E-state index contributed by atoms with van der Waals surface area (Å²) in [6.45, 7) is 15.6. The van der Waals surface area contributed by atoms with E-state index < -0.39 is 41.1 Å². The van der Waals surface area contributed by atoms with E-state index in [1.165, 1.54) is 19.2 Å². The molecule has 226 valence electrons. The highest BCUT2D eigenvalue weighted by molar-refractivity contribution is 5.81. The van der Waals surface area contributed by atoms with Gasteiger partial charge in [-0.1, -0.05) is 26.3 Å². The highest BCUT2D eigenvalue weighted by atomic mass is 16.8. The van der Waals surface area contributed by atoms with Crippen LogP contribution in [-0.2, 0) is 35.0 Å². The molecule has 2 N–H and O–H groups in total. The lowest BCUT2D eigenvalue weighted by molar-refractivity contribution is -0.155. The maximum atomic E-state index is 12.8. The number of esters is 2. The predicted octanol–water partition coefficient (Wildman–Crippen LogP) is 5.49. The molecular weight excluding hydrogens is 522 g/mol. The number of ether oxygens (including phenoxy) is 6. The van der Waals surface area contributed by atoms with E-state index in [1.54, 1.807) is 54.5 Å². The number of hydrogen-bond donors (Lipinski definition) is 1. The van der Waals surface area contributed by atoms with Gasteiger partial charge in [-0.3, -0.25) is 9.59 Å². The Hall–Kier alpha value is -3.34. The summed E-state index contributed by atoms with van der Waals surface area (Å²) in [4.78, 5) is 49.8. The lowest BCUT2D eigenvalue weighted by Crippen LogP contribution is -2.53. The van der Waals surface area contributed by atoms with E-state index >= 15 is 0 Å². The van der Waals surface area contributed by atoms with Crippen molar-refractivity contribution in [1.82, 2.24) is 0 Å². The average molecular weight is 568 g/mol. The molecule has 1 aromatic carbocycles. The molecule has 0 saturated carbocycles. The monoisotopic (exact) mass is 567 g/mol. The fraction of sp³-hybridized carbons (Fsp3) is 0.655. The molecule has 1 rings (SSSR count). The summed E-state index contributed by atoms with van der Waals surface area (Å²) in [6, 6.07) is 4.33. The van der Waals surface area contributed by atoms with Crippen molar-refractivity contribution >= 4 is 24.2 Å². The Morgan fingerprint density at radius 2 is 1.40 bits per heavy atom. The van der Waals surface area contributed by atoms with Crippen LogP contribution in [0.4, 0.5) is 9.59 Å². The first-order valence-corrected chi connectivity index (χ1v) is 13.3. The summed E-state index contributed by atoms with van der Waals surface area (Å²) in [6.07, 6.45) is -1.77. The van der Waals surface area contributed by atoms with Crippen LogP contribution in [0.2, 0.25) is 0 Å². The summed E-state index contributed by atoms with van der Waals surface area (Å²) in [7, 11) is 1.21. The lowest BCUT2D eigenvalue weighted by Gasteiger charge is -2.29. The largest absolute Gasteiger partial charge is 0.514 e. The normalized spacial score (nSPS) is 14.7. The second kappa shape index (κ2) is 14.3. The molecule has 0 aliphatic heterocycles. The number of hydrogen-bond acceptors (Lipinski definition) is 11. The Balaban J connectivity index is 3.28. The van der Waals surface area contributed by atoms with Crippen LogP contribution in [0.25, 0.3) is 0 Å². The van der Waals surface area contributed by atoms with Gasteiger partial charge in [0.2, 0.25) is 0 Å². The SMILES string of the molecule is CCC(C)CC(=O)OC(C)C[C@@](N)(Cc1ccc(OC(=O)OC(C)(C)C)c(OC(=O)OC(C)(C)C)c1)C(=O)OC. The highest BCUT2D eigenvalue weighted by Gasteiger charge is 2.38. The zero-order valence-electron chi connectivity index (χ0n) is 25.4. The van der Waals surface area contributed by atoms with Crippen molar-refractivity contribution in [2.24, 2.45) is 11.7 Å². The van der Waals surface area contributed by atoms with Crippen LogP contribution >= 0.6 is 0 Å². The van der Waals surface area contributed by atoms with E-state index in [9.17, 15) is 19.2 Å². The van der Waals surface area contributed by atoms with E-state index in [0.29, 0.717) is 5.56 Å². The summed E-state index contributed by atoms with van der Waals surface area (Å²) in [5.41, 5.74) is 3.69. The van der Waals surface area contributed by atoms with Crippen molar-refractivity contribution in [2.75, 3.05) is 7.11 Å². The first-order chi connectivity index (χ1) is 18.3. The van der Waals surface area contributed by atoms with Gasteiger partial charge in [0, 0.05) is 19.3 Å². The molecule has 0 heterocycles. The summed E-state index contributed by atoms with van der Waals surface area (Å²) < 4.78 is 31.5. The Bertz CT molecular complexity index is 1040. The zero-order valence-corrected chi connectivity index (χ0v) is 25.4. The van der Waals surface area contributed by atoms with Gasteiger partial charge in [0.15, 0.2) is 11.5 Å². The molecule has 3 atom stereocenters. The van der Waals surface area contributed by atoms with Gasteiger partial charge in [-0.2, -0.15) is 0 Å². The Kier molecular flexibility index (Phi) is 12.4. The maximum absolute atomic E-state index is 12.8. The molecule has 0 bridgehead atoms. The van der Waals surface area contributed by atoms with Gasteiger partial charge in [0.1, 0.15) is 22.8 Å². The average Bonchev–Trinajstić information content (AvgIpc) is 2.77. The number of nitrogens with two attached hydrogens (primary N) is 1. The van der Waals surface area contributed by atoms with Crippen LogP contribution in [0.15, 0.2) is 18.2 Å². The fourth-order valence-corrected chi connectivity index (χ4v) is 3.60. The topological polar surface area (TPSA) is 150 Å². The number of carbonyl (C=O) groups excluding carboxylic acids is 4. The van der Waals surface area contributed by atoms with E-state index in [0.717, 1.165) is 6.42 Å². The minimum atomic E-state index is -1.60. The molecule has 0 spiro atoms.